The van der Waals surface area contributed by atoms with Crippen LogP contribution in [-0.2, 0) is 10.8 Å². The molecule has 4 heteroatoms. The van der Waals surface area contributed by atoms with Crippen LogP contribution in [0.5, 0.6) is 0 Å². The zero-order chi connectivity index (χ0) is 76.9. The van der Waals surface area contributed by atoms with Crippen molar-refractivity contribution >= 4 is 79.0 Å². The van der Waals surface area contributed by atoms with Crippen molar-refractivity contribution < 1.29 is 11.0 Å². The molecule has 0 radical (unpaired) electrons. The normalized spacial score (nSPS) is 14.2. The second-order valence-corrected chi connectivity index (χ2v) is 28.8. The van der Waals surface area contributed by atoms with Crippen LogP contribution in [-0.4, -0.2) is 11.3 Å². The molecule has 2 aliphatic heterocycles. The Morgan fingerprint density at radius 1 is 0.314 bits per heavy atom. The summed E-state index contributed by atoms with van der Waals surface area (Å²) >= 11 is 0. The Hall–Kier alpha value is -13.0. The van der Waals surface area contributed by atoms with Gasteiger partial charge in [-0.3, -0.25) is 0 Å². The minimum atomic E-state index is -0.786. The van der Waals surface area contributed by atoms with Gasteiger partial charge in [0, 0.05) is 55.8 Å². The zero-order valence-electron chi connectivity index (χ0n) is 66.2. The molecule has 16 aromatic carbocycles. The van der Waals surface area contributed by atoms with Gasteiger partial charge in [0.05, 0.1) is 44.5 Å². The molecule has 0 bridgehead atoms. The molecule has 0 saturated heterocycles. The van der Waals surface area contributed by atoms with Gasteiger partial charge >= 0.3 is 0 Å². The maximum absolute atomic E-state index is 10.2. The molecule has 0 unspecified atom stereocenters. The van der Waals surface area contributed by atoms with E-state index in [1.54, 1.807) is 4.57 Å². The average Bonchev–Trinajstić information content (AvgIpc) is 1.68. The lowest BCUT2D eigenvalue weighted by atomic mass is 9.33. The van der Waals surface area contributed by atoms with Crippen molar-refractivity contribution in [3.05, 3.63) is 410 Å². The van der Waals surface area contributed by atoms with Crippen molar-refractivity contribution in [2.75, 3.05) is 9.80 Å². The molecular weight excluding hydrogens is 1270 g/mol. The molecule has 1 aromatic heterocycles. The Labute approximate surface area is 625 Å². The summed E-state index contributed by atoms with van der Waals surface area (Å²) in [5.41, 5.74) is 27.3. The van der Waals surface area contributed by atoms with E-state index in [2.05, 4.69) is 340 Å². The number of hydrogen-bond donors (Lipinski definition) is 0. The van der Waals surface area contributed by atoms with E-state index in [1.807, 2.05) is 24.3 Å². The van der Waals surface area contributed by atoms with Gasteiger partial charge < -0.3 is 14.4 Å². The minimum absolute atomic E-state index is 0.0134. The fourth-order valence-electron chi connectivity index (χ4n) is 17.5. The molecule has 3 nitrogen and oxygen atoms in total. The summed E-state index contributed by atoms with van der Waals surface area (Å²) in [5.74, 6) is 0. The number of para-hydroxylation sites is 4. The summed E-state index contributed by atoms with van der Waals surface area (Å²) in [4.78, 5) is 4.88. The smallest absolute Gasteiger partial charge is 0.252 e. The highest BCUT2D eigenvalue weighted by Gasteiger charge is 2.49. The lowest BCUT2D eigenvalue weighted by Crippen LogP contribution is -2.61. The molecule has 17 aromatic rings. The topological polar surface area (TPSA) is 11.4 Å². The maximum atomic E-state index is 10.2. The van der Waals surface area contributed by atoms with Crippen LogP contribution in [0.4, 0.5) is 34.1 Å². The van der Waals surface area contributed by atoms with E-state index in [9.17, 15) is 11.0 Å². The second-order valence-electron chi connectivity index (χ2n) is 28.8. The van der Waals surface area contributed by atoms with E-state index in [4.69, 9.17) is 0 Å². The predicted octanol–water partition coefficient (Wildman–Crippen LogP) is 24.5. The van der Waals surface area contributed by atoms with Gasteiger partial charge in [0.15, 0.2) is 0 Å². The lowest BCUT2D eigenvalue weighted by molar-refractivity contribution is 0.590. The first-order valence-electron chi connectivity index (χ1n) is 40.1. The van der Waals surface area contributed by atoms with Crippen LogP contribution in [0.1, 0.15) is 59.6 Å². The van der Waals surface area contributed by atoms with Gasteiger partial charge in [0.25, 0.3) is 6.71 Å². The maximum Gasteiger partial charge on any atom is 0.252 e. The van der Waals surface area contributed by atoms with E-state index in [-0.39, 0.29) is 27.2 Å². The number of fused-ring (bicyclic) bond motifs is 10. The predicted molar refractivity (Wildman–Crippen MR) is 443 cm³/mol. The number of benzene rings is 16. The highest BCUT2D eigenvalue weighted by Crippen LogP contribution is 2.60. The summed E-state index contributed by atoms with van der Waals surface area (Å²) in [5, 5.41) is -0.0268. The quantitative estimate of drug-likeness (QED) is 0.120. The van der Waals surface area contributed by atoms with Gasteiger partial charge in [-0.05, 0) is 142 Å². The van der Waals surface area contributed by atoms with Crippen LogP contribution in [0.15, 0.2) is 382 Å². The number of aromatic nitrogens is 1. The van der Waals surface area contributed by atoms with E-state index < -0.39 is 60.5 Å². The molecule has 3 heterocycles. The van der Waals surface area contributed by atoms with Crippen molar-refractivity contribution in [3.8, 4) is 83.6 Å². The monoisotopic (exact) mass is 1350 g/mol. The Morgan fingerprint density at radius 2 is 0.733 bits per heavy atom. The average molecular weight is 1350 g/mol. The van der Waals surface area contributed by atoms with Crippen LogP contribution >= 0.6 is 0 Å². The molecule has 20 rings (SSSR count). The molecule has 0 spiro atoms. The summed E-state index contributed by atoms with van der Waals surface area (Å²) in [6.45, 7) is 6.19. The van der Waals surface area contributed by atoms with Gasteiger partial charge in [-0.25, -0.2) is 0 Å². The van der Waals surface area contributed by atoms with Crippen LogP contribution in [0.3, 0.4) is 0 Å². The Kier molecular flexibility index (Phi) is 12.6. The zero-order valence-corrected chi connectivity index (χ0v) is 58.2. The molecule has 1 aliphatic carbocycles. The Morgan fingerprint density at radius 3 is 1.24 bits per heavy atom. The fourth-order valence-corrected chi connectivity index (χ4v) is 17.5. The van der Waals surface area contributed by atoms with Gasteiger partial charge in [-0.15, -0.1) is 0 Å². The van der Waals surface area contributed by atoms with Crippen molar-refractivity contribution in [1.82, 2.24) is 4.57 Å². The number of hydrogen-bond acceptors (Lipinski definition) is 2. The molecule has 494 valence electrons. The van der Waals surface area contributed by atoms with Crippen LogP contribution in [0, 0.1) is 0 Å². The minimum Gasteiger partial charge on any atom is -0.310 e. The third-order valence-corrected chi connectivity index (χ3v) is 22.1. The van der Waals surface area contributed by atoms with E-state index in [0.717, 1.165) is 145 Å². The molecule has 3 aliphatic rings. The largest absolute Gasteiger partial charge is 0.310 e. The third-order valence-electron chi connectivity index (χ3n) is 22.1. The highest BCUT2D eigenvalue weighted by molar-refractivity contribution is 7.00. The van der Waals surface area contributed by atoms with Crippen molar-refractivity contribution in [2.45, 2.75) is 31.6 Å². The molecule has 0 amide bonds. The molecule has 0 fully saturated rings. The summed E-state index contributed by atoms with van der Waals surface area (Å²) < 4.78 is 79.5. The highest BCUT2D eigenvalue weighted by atomic mass is 15.2. The van der Waals surface area contributed by atoms with E-state index in [1.165, 1.54) is 11.1 Å². The van der Waals surface area contributed by atoms with Gasteiger partial charge in [-0.1, -0.05) is 366 Å². The van der Waals surface area contributed by atoms with Crippen molar-refractivity contribution in [3.63, 3.8) is 0 Å². The Bertz CT molecular complexity index is 6520. The summed E-state index contributed by atoms with van der Waals surface area (Å²) in [6, 6.07) is 116. The molecular formula is C101H72BN3. The van der Waals surface area contributed by atoms with E-state index >= 15 is 0 Å². The fraction of sp³-hybridized carbons (Fsp3) is 0.0495. The third kappa shape index (κ3) is 9.74. The lowest BCUT2D eigenvalue weighted by Gasteiger charge is -2.46. The summed E-state index contributed by atoms with van der Waals surface area (Å²) in [7, 11) is 0. The van der Waals surface area contributed by atoms with Gasteiger partial charge in [0.1, 0.15) is 0 Å². The molecule has 0 saturated carbocycles. The molecule has 105 heavy (non-hydrogen) atoms. The number of rotatable bonds is 11. The van der Waals surface area contributed by atoms with Crippen LogP contribution < -0.4 is 26.2 Å². The van der Waals surface area contributed by atoms with Crippen molar-refractivity contribution in [2.24, 2.45) is 0 Å². The van der Waals surface area contributed by atoms with Crippen molar-refractivity contribution in [1.29, 1.82) is 0 Å². The molecule has 0 N–H and O–H groups in total. The summed E-state index contributed by atoms with van der Waals surface area (Å²) in [6.07, 6.45) is 0. The van der Waals surface area contributed by atoms with E-state index in [0.29, 0.717) is 5.69 Å². The number of anilines is 6. The van der Waals surface area contributed by atoms with Gasteiger partial charge in [0.2, 0.25) is 0 Å². The first-order valence-corrected chi connectivity index (χ1v) is 36.1. The van der Waals surface area contributed by atoms with Gasteiger partial charge in [-0.2, -0.15) is 0 Å². The Balaban J connectivity index is 0.998. The van der Waals surface area contributed by atoms with Crippen LogP contribution in [0.2, 0.25) is 0 Å². The van der Waals surface area contributed by atoms with Crippen LogP contribution in [0.25, 0.3) is 105 Å². The first-order chi connectivity index (χ1) is 55.1. The SMILES string of the molecule is [2H]c1c([2H])c([2H])c2c(c1[2H])c1c([2H])c([2H])c([2H])c([2H])c1n2-c1cc2c3c(c1)N(c1c(-c4ccccc4)cccc1-c1ccccc1)c1cc(-c4cccc5c4C(c4ccccc4)(c4ccccc4)c4ccccc4-5)ccc1B3c1cc(-c3ccc(C(C)(C)C)cc3)ccc1N2c1c(-c2ccccc2)cccc1-c1ccccc1. The molecule has 0 atom stereocenters. The second kappa shape index (κ2) is 24.6. The number of nitrogens with zero attached hydrogens (tertiary/aromatic N) is 3. The standard InChI is InChI=1S/C101H72BN3/c1-100(2,3)74-59-55-67(56-60-74)72-58-62-92-89(63-72)102-88-61-57-73(78-46-28-51-86-83-43-22-25-52-87(83)101(96(78)86,75-39-18-8-19-40-75)76-41-20-9-21-42-76)64-93(88)105(99-81(70-35-14-6-15-36-70)49-30-50-82(99)71-37-16-7-17-38-71)95-66-77(103-90-53-26-23-44-84(90)85-45-24-27-54-91(85)103)65-94(97(95)102)104(92)98-79(68-31-10-4-11-32-68)47-29-48-80(98)69-33-12-5-13-34-69/h4-66H,1-3H3/i23D,24D,26D,27D,44D,45D,53D,54D. The first kappa shape index (κ1) is 53.8.